The van der Waals surface area contributed by atoms with Gasteiger partial charge in [0.15, 0.2) is 11.6 Å². The van der Waals surface area contributed by atoms with Crippen LogP contribution in [-0.2, 0) is 9.68 Å². The van der Waals surface area contributed by atoms with E-state index < -0.39 is 0 Å². The van der Waals surface area contributed by atoms with Crippen molar-refractivity contribution in [2.75, 3.05) is 31.7 Å². The molecule has 0 aliphatic heterocycles. The van der Waals surface area contributed by atoms with Crippen LogP contribution in [-0.4, -0.2) is 48.2 Å². The van der Waals surface area contributed by atoms with Crippen LogP contribution in [0.4, 0.5) is 5.69 Å². The predicted octanol–water partition coefficient (Wildman–Crippen LogP) is 4.85. The van der Waals surface area contributed by atoms with Gasteiger partial charge in [0, 0.05) is 35.5 Å². The lowest BCUT2D eigenvalue weighted by Gasteiger charge is -2.28. The first-order valence-corrected chi connectivity index (χ1v) is 12.6. The normalized spacial score (nSPS) is 12.6. The first-order valence-electron chi connectivity index (χ1n) is 12.6. The van der Waals surface area contributed by atoms with Crippen molar-refractivity contribution in [2.45, 2.75) is 65.2 Å². The molecule has 0 bridgehead atoms. The Labute approximate surface area is 207 Å². The van der Waals surface area contributed by atoms with Crippen LogP contribution in [0.2, 0.25) is 0 Å². The van der Waals surface area contributed by atoms with E-state index in [0.717, 1.165) is 51.4 Å². The summed E-state index contributed by atoms with van der Waals surface area (Å²) in [4.78, 5) is 38.7. The minimum Gasteiger partial charge on any atom is -0.396 e. The van der Waals surface area contributed by atoms with E-state index in [-0.39, 0.29) is 24.8 Å². The molecule has 0 saturated heterocycles. The number of unbranched alkanes of at least 4 members (excludes halogenated alkanes) is 6. The largest absolute Gasteiger partial charge is 0.396 e. The molecule has 7 nitrogen and oxygen atoms in total. The number of hydrogen-bond donors (Lipinski definition) is 2. The van der Waals surface area contributed by atoms with Crippen LogP contribution in [0.15, 0.2) is 30.3 Å². The molecule has 1 aliphatic rings. The molecule has 2 N–H and O–H groups in total. The highest BCUT2D eigenvalue weighted by atomic mass is 16.9. The molecule has 2 aromatic carbocycles. The van der Waals surface area contributed by atoms with Gasteiger partial charge < -0.3 is 10.2 Å². The number of aliphatic hydroxyl groups is 2. The van der Waals surface area contributed by atoms with Gasteiger partial charge in [0.2, 0.25) is 0 Å². The van der Waals surface area contributed by atoms with Gasteiger partial charge in [0.1, 0.15) is 0 Å². The number of benzene rings is 2. The highest BCUT2D eigenvalue weighted by Gasteiger charge is 2.34. The summed E-state index contributed by atoms with van der Waals surface area (Å²) < 4.78 is 0. The molecule has 0 aromatic heterocycles. The molecule has 1 aliphatic carbocycles. The average Bonchev–Trinajstić information content (AvgIpc) is 2.86. The monoisotopic (exact) mass is 483 g/mol. The maximum atomic E-state index is 13.4. The fourth-order valence-electron chi connectivity index (χ4n) is 4.42. The SMILES string of the molecule is Cc1cc(N(OCCCCCCO)OCCCCCCO)c(C)c2c1C(=O)c1ccccc1C2=O. The number of ketones is 2. The second-order valence-corrected chi connectivity index (χ2v) is 8.99. The second kappa shape index (κ2) is 13.5. The van der Waals surface area contributed by atoms with Crippen molar-refractivity contribution in [3.05, 3.63) is 63.7 Å². The topological polar surface area (TPSA) is 96.3 Å². The Morgan fingerprint density at radius 3 is 1.71 bits per heavy atom. The van der Waals surface area contributed by atoms with E-state index in [1.54, 1.807) is 24.3 Å². The number of nitrogens with zero attached hydrogens (tertiary/aromatic N) is 1. The number of anilines is 1. The fraction of sp³-hybridized carbons (Fsp3) is 0.500. The number of carbonyl (C=O) groups is 2. The first kappa shape index (κ1) is 27.0. The van der Waals surface area contributed by atoms with Crippen molar-refractivity contribution < 1.29 is 29.5 Å². The minimum atomic E-state index is -0.161. The molecule has 0 fully saturated rings. The van der Waals surface area contributed by atoms with E-state index in [0.29, 0.717) is 52.3 Å². The number of fused-ring (bicyclic) bond motifs is 2. The van der Waals surface area contributed by atoms with E-state index in [4.69, 9.17) is 19.9 Å². The number of rotatable bonds is 15. The van der Waals surface area contributed by atoms with Crippen LogP contribution in [0.25, 0.3) is 0 Å². The highest BCUT2D eigenvalue weighted by molar-refractivity contribution is 6.29. The summed E-state index contributed by atoms with van der Waals surface area (Å²) in [5, 5.41) is 19.3. The molecular weight excluding hydrogens is 446 g/mol. The zero-order chi connectivity index (χ0) is 25.2. The van der Waals surface area contributed by atoms with Gasteiger partial charge in [-0.3, -0.25) is 9.59 Å². The van der Waals surface area contributed by atoms with E-state index in [2.05, 4.69) is 0 Å². The van der Waals surface area contributed by atoms with Crippen molar-refractivity contribution in [3.8, 4) is 0 Å². The second-order valence-electron chi connectivity index (χ2n) is 8.99. The zero-order valence-corrected chi connectivity index (χ0v) is 20.8. The van der Waals surface area contributed by atoms with Crippen molar-refractivity contribution in [3.63, 3.8) is 0 Å². The third kappa shape index (κ3) is 6.55. The Hall–Kier alpha value is -2.58. The van der Waals surface area contributed by atoms with Crippen molar-refractivity contribution in [1.82, 2.24) is 0 Å². The Bertz CT molecular complexity index is 1000. The first-order chi connectivity index (χ1) is 17.0. The maximum Gasteiger partial charge on any atom is 0.194 e. The van der Waals surface area contributed by atoms with Crippen molar-refractivity contribution in [2.24, 2.45) is 0 Å². The lowest BCUT2D eigenvalue weighted by molar-refractivity contribution is -0.0917. The molecule has 0 radical (unpaired) electrons. The molecule has 2 aromatic rings. The lowest BCUT2D eigenvalue weighted by atomic mass is 9.79. The molecular formula is C28H37NO6. The molecule has 0 atom stereocenters. The number of carbonyl (C=O) groups excluding carboxylic acids is 2. The van der Waals surface area contributed by atoms with Crippen LogP contribution < -0.4 is 5.23 Å². The molecule has 0 amide bonds. The Kier molecular flexibility index (Phi) is 10.4. The van der Waals surface area contributed by atoms with Gasteiger partial charge in [-0.1, -0.05) is 49.9 Å². The smallest absolute Gasteiger partial charge is 0.194 e. The summed E-state index contributed by atoms with van der Waals surface area (Å²) >= 11 is 0. The standard InChI is InChI=1S/C28H37NO6/c1-20-19-24(21(2)26-25(20)27(32)22-13-7-8-14-23(22)28(26)33)29(34-17-11-5-3-9-15-30)35-18-12-6-4-10-16-31/h7-8,13-14,19,30-31H,3-6,9-12,15-18H2,1-2H3. The summed E-state index contributed by atoms with van der Waals surface area (Å²) in [6, 6.07) is 8.80. The number of aliphatic hydroxyl groups excluding tert-OH is 2. The van der Waals surface area contributed by atoms with Gasteiger partial charge in [-0.15, -0.1) is 5.23 Å². The van der Waals surface area contributed by atoms with Crippen LogP contribution in [0.3, 0.4) is 0 Å². The summed E-state index contributed by atoms with van der Waals surface area (Å²) in [7, 11) is 0. The van der Waals surface area contributed by atoms with Gasteiger partial charge in [-0.05, 0) is 56.7 Å². The molecule has 0 saturated carbocycles. The van der Waals surface area contributed by atoms with Gasteiger partial charge in [0.25, 0.3) is 0 Å². The minimum absolute atomic E-state index is 0.136. The molecule has 35 heavy (non-hydrogen) atoms. The summed E-state index contributed by atoms with van der Waals surface area (Å²) in [6.07, 6.45) is 6.89. The van der Waals surface area contributed by atoms with Crippen LogP contribution in [0, 0.1) is 13.8 Å². The van der Waals surface area contributed by atoms with Crippen LogP contribution in [0.1, 0.15) is 94.3 Å². The van der Waals surface area contributed by atoms with E-state index in [1.165, 1.54) is 5.23 Å². The Morgan fingerprint density at radius 1 is 0.714 bits per heavy atom. The van der Waals surface area contributed by atoms with E-state index >= 15 is 0 Å². The molecule has 3 rings (SSSR count). The zero-order valence-electron chi connectivity index (χ0n) is 20.8. The quantitative estimate of drug-likeness (QED) is 0.236. The van der Waals surface area contributed by atoms with Crippen LogP contribution in [0.5, 0.6) is 0 Å². The molecule has 0 heterocycles. The maximum absolute atomic E-state index is 13.4. The third-order valence-corrected chi connectivity index (χ3v) is 6.35. The average molecular weight is 484 g/mol. The third-order valence-electron chi connectivity index (χ3n) is 6.35. The van der Waals surface area contributed by atoms with Crippen molar-refractivity contribution >= 4 is 17.3 Å². The van der Waals surface area contributed by atoms with Crippen molar-refractivity contribution in [1.29, 1.82) is 0 Å². The predicted molar refractivity (Wildman–Crippen MR) is 135 cm³/mol. The van der Waals surface area contributed by atoms with Gasteiger partial charge in [-0.25, -0.2) is 9.68 Å². The van der Waals surface area contributed by atoms with Gasteiger partial charge in [0.05, 0.1) is 18.9 Å². The molecule has 0 unspecified atom stereocenters. The summed E-state index contributed by atoms with van der Waals surface area (Å²) in [5.74, 6) is -0.297. The highest BCUT2D eigenvalue weighted by Crippen LogP contribution is 2.36. The van der Waals surface area contributed by atoms with Gasteiger partial charge in [-0.2, -0.15) is 0 Å². The number of hydrogen-bond acceptors (Lipinski definition) is 7. The fourth-order valence-corrected chi connectivity index (χ4v) is 4.42. The molecule has 190 valence electrons. The van der Waals surface area contributed by atoms with E-state index in [1.807, 2.05) is 19.9 Å². The Morgan fingerprint density at radius 2 is 1.20 bits per heavy atom. The number of aryl methyl sites for hydroxylation is 1. The Balaban J connectivity index is 1.84. The molecule has 0 spiro atoms. The van der Waals surface area contributed by atoms with Gasteiger partial charge >= 0.3 is 0 Å². The molecule has 7 heteroatoms. The lowest BCUT2D eigenvalue weighted by Crippen LogP contribution is -2.29. The van der Waals surface area contributed by atoms with E-state index in [9.17, 15) is 9.59 Å². The summed E-state index contributed by atoms with van der Waals surface area (Å²) in [6.45, 7) is 4.91. The summed E-state index contributed by atoms with van der Waals surface area (Å²) in [5.41, 5.74) is 3.69. The van der Waals surface area contributed by atoms with Crippen LogP contribution >= 0.6 is 0 Å².